The van der Waals surface area contributed by atoms with Crippen LogP contribution in [-0.2, 0) is 10.7 Å². The Balaban J connectivity index is 2.78. The molecular weight excluding hydrogens is 278 g/mol. The summed E-state index contributed by atoms with van der Waals surface area (Å²) in [4.78, 5) is 11.4. The lowest BCUT2D eigenvalue weighted by molar-refractivity contribution is -0.00964. The zero-order chi connectivity index (χ0) is 16.3. The Morgan fingerprint density at radius 2 is 2.00 bits per heavy atom. The predicted molar refractivity (Wildman–Crippen MR) is 74.0 cm³/mol. The number of nitrogens with one attached hydrogen (secondary N) is 1. The number of benzene rings is 1. The third kappa shape index (κ3) is 5.03. The molecule has 0 fully saturated rings. The second-order valence-corrected chi connectivity index (χ2v) is 5.70. The van der Waals surface area contributed by atoms with Crippen LogP contribution in [0.3, 0.4) is 0 Å². The first-order valence-electron chi connectivity index (χ1n) is 6.41. The number of rotatable bonds is 3. The molecule has 0 spiro atoms. The lowest BCUT2D eigenvalue weighted by Crippen LogP contribution is -2.38. The fourth-order valence-corrected chi connectivity index (χ4v) is 1.74. The van der Waals surface area contributed by atoms with Crippen LogP contribution >= 0.6 is 0 Å². The van der Waals surface area contributed by atoms with Crippen LogP contribution in [0.5, 0.6) is 0 Å². The molecule has 1 aromatic carbocycles. The van der Waals surface area contributed by atoms with Gasteiger partial charge in [0.15, 0.2) is 0 Å². The van der Waals surface area contributed by atoms with E-state index in [0.717, 1.165) is 0 Å². The highest BCUT2D eigenvalue weighted by Crippen LogP contribution is 2.30. The molecule has 0 aliphatic rings. The van der Waals surface area contributed by atoms with Crippen molar-refractivity contribution in [3.63, 3.8) is 0 Å². The van der Waals surface area contributed by atoms with Gasteiger partial charge in [-0.3, -0.25) is 0 Å². The van der Waals surface area contributed by atoms with E-state index < -0.39 is 24.2 Å². The highest BCUT2D eigenvalue weighted by atomic mass is 19.3. The van der Waals surface area contributed by atoms with Crippen LogP contribution in [0.15, 0.2) is 18.2 Å². The quantitative estimate of drug-likeness (QED) is 0.928. The number of nitriles is 1. The molecule has 1 rings (SSSR count). The van der Waals surface area contributed by atoms with Crippen LogP contribution in [0.25, 0.3) is 0 Å². The smallest absolute Gasteiger partial charge is 0.407 e. The van der Waals surface area contributed by atoms with Crippen molar-refractivity contribution in [3.05, 3.63) is 34.9 Å². The molecule has 0 bridgehead atoms. The van der Waals surface area contributed by atoms with Gasteiger partial charge in [0, 0.05) is 5.56 Å². The van der Waals surface area contributed by atoms with Crippen LogP contribution in [-0.4, -0.2) is 18.2 Å². The lowest BCUT2D eigenvalue weighted by atomic mass is 10.0. The van der Waals surface area contributed by atoms with Crippen molar-refractivity contribution in [3.8, 4) is 6.07 Å². The maximum absolute atomic E-state index is 14.1. The Labute approximate surface area is 122 Å². The van der Waals surface area contributed by atoms with E-state index in [1.807, 2.05) is 6.07 Å². The Morgan fingerprint density at radius 1 is 1.38 bits per heavy atom. The van der Waals surface area contributed by atoms with Gasteiger partial charge in [-0.2, -0.15) is 14.0 Å². The minimum atomic E-state index is -3.24. The molecule has 0 saturated heterocycles. The van der Waals surface area contributed by atoms with Crippen LogP contribution in [0, 0.1) is 18.3 Å². The first-order valence-corrected chi connectivity index (χ1v) is 6.41. The number of halogens is 2. The van der Waals surface area contributed by atoms with Gasteiger partial charge in [0.1, 0.15) is 5.60 Å². The van der Waals surface area contributed by atoms with Gasteiger partial charge in [-0.1, -0.05) is 6.07 Å². The minimum absolute atomic E-state index is 0.224. The van der Waals surface area contributed by atoms with E-state index in [4.69, 9.17) is 10.00 Å². The number of alkyl carbamates (subject to hydrolysis) is 1. The summed E-state index contributed by atoms with van der Waals surface area (Å²) in [5.41, 5.74) is -0.362. The fraction of sp³-hybridized carbons (Fsp3) is 0.467. The summed E-state index contributed by atoms with van der Waals surface area (Å²) in [6.07, 6.45) is -0.895. The van der Waals surface area contributed by atoms with Crippen LogP contribution in [0.1, 0.15) is 37.5 Å². The molecular formula is C15H18F2N2O2. The summed E-state index contributed by atoms with van der Waals surface area (Å²) in [5, 5.41) is 10.8. The maximum Gasteiger partial charge on any atom is 0.407 e. The van der Waals surface area contributed by atoms with E-state index in [1.165, 1.54) is 25.1 Å². The normalized spacial score (nSPS) is 11.7. The Kier molecular flexibility index (Phi) is 4.89. The zero-order valence-electron chi connectivity index (χ0n) is 12.5. The van der Waals surface area contributed by atoms with Crippen molar-refractivity contribution in [2.75, 3.05) is 6.54 Å². The van der Waals surface area contributed by atoms with E-state index in [1.54, 1.807) is 20.8 Å². The van der Waals surface area contributed by atoms with E-state index in [0.29, 0.717) is 11.1 Å². The molecule has 0 radical (unpaired) electrons. The van der Waals surface area contributed by atoms with Crippen LogP contribution in [0.2, 0.25) is 0 Å². The Morgan fingerprint density at radius 3 is 2.48 bits per heavy atom. The van der Waals surface area contributed by atoms with Crippen molar-refractivity contribution >= 4 is 6.09 Å². The minimum Gasteiger partial charge on any atom is -0.444 e. The second kappa shape index (κ2) is 6.08. The lowest BCUT2D eigenvalue weighted by Gasteiger charge is -2.23. The molecule has 1 amide bonds. The van der Waals surface area contributed by atoms with Crippen molar-refractivity contribution in [2.24, 2.45) is 0 Å². The molecule has 1 N–H and O–H groups in total. The Hall–Kier alpha value is -2.16. The number of hydrogen-bond acceptors (Lipinski definition) is 3. The van der Waals surface area contributed by atoms with E-state index in [2.05, 4.69) is 5.32 Å². The van der Waals surface area contributed by atoms with Crippen LogP contribution < -0.4 is 5.32 Å². The molecule has 0 heterocycles. The van der Waals surface area contributed by atoms with Crippen molar-refractivity contribution < 1.29 is 18.3 Å². The first-order chi connectivity index (χ1) is 9.55. The molecule has 0 saturated carbocycles. The molecule has 1 aromatic rings. The van der Waals surface area contributed by atoms with Crippen molar-refractivity contribution in [2.45, 2.75) is 39.2 Å². The monoisotopic (exact) mass is 296 g/mol. The van der Waals surface area contributed by atoms with Gasteiger partial charge in [0.2, 0.25) is 0 Å². The molecule has 0 aliphatic carbocycles. The fourth-order valence-electron chi connectivity index (χ4n) is 1.74. The number of carbonyl (C=O) groups is 1. The molecule has 0 unspecified atom stereocenters. The summed E-state index contributed by atoms with van der Waals surface area (Å²) in [6, 6.07) is 5.80. The van der Waals surface area contributed by atoms with E-state index in [-0.39, 0.29) is 5.56 Å². The van der Waals surface area contributed by atoms with E-state index >= 15 is 0 Å². The van der Waals surface area contributed by atoms with Gasteiger partial charge in [-0.15, -0.1) is 0 Å². The molecule has 114 valence electrons. The number of aryl methyl sites for hydroxylation is 1. The Bertz CT molecular complexity index is 572. The van der Waals surface area contributed by atoms with Crippen molar-refractivity contribution in [1.82, 2.24) is 5.32 Å². The number of carbonyl (C=O) groups excluding carboxylic acids is 1. The topological polar surface area (TPSA) is 62.1 Å². The molecule has 0 aromatic heterocycles. The van der Waals surface area contributed by atoms with Gasteiger partial charge >= 0.3 is 6.09 Å². The van der Waals surface area contributed by atoms with Crippen molar-refractivity contribution in [1.29, 1.82) is 5.26 Å². The first kappa shape index (κ1) is 16.9. The molecule has 0 atom stereocenters. The average molecular weight is 296 g/mol. The molecule has 0 aliphatic heterocycles. The molecule has 21 heavy (non-hydrogen) atoms. The average Bonchev–Trinajstić information content (AvgIpc) is 2.34. The summed E-state index contributed by atoms with van der Waals surface area (Å²) in [6.45, 7) is 5.58. The number of hydrogen-bond donors (Lipinski definition) is 1. The summed E-state index contributed by atoms with van der Waals surface area (Å²) in [7, 11) is 0. The third-order valence-electron chi connectivity index (χ3n) is 2.60. The standard InChI is InChI=1S/C15H18F2N2O2/c1-10-7-11(8-18)5-6-12(10)15(16,17)9-19-13(20)21-14(2,3)4/h5-7H,9H2,1-4H3,(H,19,20). The second-order valence-electron chi connectivity index (χ2n) is 5.70. The summed E-state index contributed by atoms with van der Waals surface area (Å²) < 4.78 is 33.1. The summed E-state index contributed by atoms with van der Waals surface area (Å²) in [5.74, 6) is -3.24. The highest BCUT2D eigenvalue weighted by Gasteiger charge is 2.34. The van der Waals surface area contributed by atoms with Crippen LogP contribution in [0.4, 0.5) is 13.6 Å². The highest BCUT2D eigenvalue weighted by molar-refractivity contribution is 5.67. The van der Waals surface area contributed by atoms with Gasteiger partial charge in [-0.05, 0) is 45.4 Å². The van der Waals surface area contributed by atoms with Gasteiger partial charge < -0.3 is 10.1 Å². The molecule has 4 nitrogen and oxygen atoms in total. The van der Waals surface area contributed by atoms with Gasteiger partial charge in [0.05, 0.1) is 18.2 Å². The number of nitrogens with zero attached hydrogens (tertiary/aromatic N) is 1. The van der Waals surface area contributed by atoms with E-state index in [9.17, 15) is 13.6 Å². The maximum atomic E-state index is 14.1. The summed E-state index contributed by atoms with van der Waals surface area (Å²) >= 11 is 0. The number of alkyl halides is 2. The third-order valence-corrected chi connectivity index (χ3v) is 2.60. The predicted octanol–water partition coefficient (Wildman–Crippen LogP) is 3.48. The number of amides is 1. The molecule has 6 heteroatoms. The van der Waals surface area contributed by atoms with Gasteiger partial charge in [0.25, 0.3) is 5.92 Å². The largest absolute Gasteiger partial charge is 0.444 e. The SMILES string of the molecule is Cc1cc(C#N)ccc1C(F)(F)CNC(=O)OC(C)(C)C. The number of ether oxygens (including phenoxy) is 1. The zero-order valence-corrected chi connectivity index (χ0v) is 12.5. The van der Waals surface area contributed by atoms with Gasteiger partial charge in [-0.25, -0.2) is 4.79 Å².